The Morgan fingerprint density at radius 1 is 1.24 bits per heavy atom. The zero-order valence-electron chi connectivity index (χ0n) is 8.14. The average Bonchev–Trinajstić information content (AvgIpc) is 2.18. The van der Waals surface area contributed by atoms with Crippen LogP contribution in [0.15, 0.2) is 18.2 Å². The molecule has 1 rings (SSSR count). The molecule has 1 unspecified atom stereocenters. The molecule has 2 nitrogen and oxygen atoms in total. The number of nitrogens with two attached hydrogens (primary N) is 1. The van der Waals surface area contributed by atoms with Crippen LogP contribution in [0.2, 0.25) is 5.02 Å². The van der Waals surface area contributed by atoms with Crippen molar-refractivity contribution in [3.63, 3.8) is 0 Å². The second-order valence-electron chi connectivity index (χ2n) is 3.09. The van der Waals surface area contributed by atoms with Crippen molar-refractivity contribution in [2.45, 2.75) is 18.8 Å². The van der Waals surface area contributed by atoms with Gasteiger partial charge in [0.25, 0.3) is 0 Å². The highest BCUT2D eigenvalue weighted by Crippen LogP contribution is 2.34. The molecule has 1 aromatic carbocycles. The first kappa shape index (κ1) is 14.0. The Balaban J connectivity index is 2.96. The number of ether oxygens (including phenoxy) is 1. The van der Waals surface area contributed by atoms with Gasteiger partial charge in [0.1, 0.15) is 11.8 Å². The fourth-order valence-corrected chi connectivity index (χ4v) is 1.32. The van der Waals surface area contributed by atoms with Crippen molar-refractivity contribution in [1.29, 1.82) is 0 Å². The molecule has 0 amide bonds. The summed E-state index contributed by atoms with van der Waals surface area (Å²) in [6.07, 6.45) is -4.63. The zero-order valence-corrected chi connectivity index (χ0v) is 8.90. The number of rotatable bonds is 3. The van der Waals surface area contributed by atoms with Gasteiger partial charge in [-0.2, -0.15) is 22.0 Å². The fraction of sp³-hybridized carbons (Fsp3) is 0.333. The van der Waals surface area contributed by atoms with Gasteiger partial charge in [0, 0.05) is 0 Å². The summed E-state index contributed by atoms with van der Waals surface area (Å²) in [6, 6.07) is 0.467. The van der Waals surface area contributed by atoms with Crippen LogP contribution in [0.3, 0.4) is 0 Å². The smallest absolute Gasteiger partial charge is 0.407 e. The molecular weight excluding hydrogens is 269 g/mol. The van der Waals surface area contributed by atoms with Crippen molar-refractivity contribution >= 4 is 11.6 Å². The third kappa shape index (κ3) is 3.71. The lowest BCUT2D eigenvalue weighted by atomic mass is 10.1. The molecule has 0 radical (unpaired) electrons. The van der Waals surface area contributed by atoms with Crippen LogP contribution in [0.25, 0.3) is 0 Å². The highest BCUT2D eigenvalue weighted by atomic mass is 35.5. The van der Waals surface area contributed by atoms with Gasteiger partial charge < -0.3 is 10.5 Å². The molecule has 8 heteroatoms. The van der Waals surface area contributed by atoms with Gasteiger partial charge in [-0.3, -0.25) is 0 Å². The normalized spacial score (nSPS) is 13.9. The summed E-state index contributed by atoms with van der Waals surface area (Å²) in [5, 5.41) is -0.359. The molecule has 2 N–H and O–H groups in total. The highest BCUT2D eigenvalue weighted by Gasteiger charge is 2.38. The average molecular weight is 276 g/mol. The van der Waals surface area contributed by atoms with Crippen LogP contribution in [0, 0.1) is 0 Å². The van der Waals surface area contributed by atoms with E-state index in [1.807, 2.05) is 0 Å². The van der Waals surface area contributed by atoms with Crippen molar-refractivity contribution in [2.75, 3.05) is 0 Å². The molecule has 0 saturated heterocycles. The lowest BCUT2D eigenvalue weighted by molar-refractivity contribution is -0.149. The van der Waals surface area contributed by atoms with Crippen LogP contribution in [-0.4, -0.2) is 12.8 Å². The Kier molecular flexibility index (Phi) is 4.16. The quantitative estimate of drug-likeness (QED) is 0.857. The third-order valence-electron chi connectivity index (χ3n) is 1.88. The Bertz CT molecular complexity index is 395. The van der Waals surface area contributed by atoms with Gasteiger partial charge >= 0.3 is 12.8 Å². The molecule has 0 heterocycles. The fourth-order valence-electron chi connectivity index (χ4n) is 1.09. The summed E-state index contributed by atoms with van der Waals surface area (Å²) < 4.78 is 64.5. The van der Waals surface area contributed by atoms with Gasteiger partial charge in [0.2, 0.25) is 0 Å². The molecule has 1 aromatic rings. The summed E-state index contributed by atoms with van der Waals surface area (Å²) in [6.45, 7) is -3.10. The van der Waals surface area contributed by atoms with E-state index in [0.29, 0.717) is 0 Å². The first-order valence-electron chi connectivity index (χ1n) is 4.28. The van der Waals surface area contributed by atoms with Crippen LogP contribution in [0.1, 0.15) is 11.6 Å². The topological polar surface area (TPSA) is 35.2 Å². The van der Waals surface area contributed by atoms with Crippen molar-refractivity contribution in [1.82, 2.24) is 0 Å². The summed E-state index contributed by atoms with van der Waals surface area (Å²) >= 11 is 5.49. The van der Waals surface area contributed by atoms with E-state index in [0.717, 1.165) is 18.2 Å². The molecule has 0 aromatic heterocycles. The first-order valence-corrected chi connectivity index (χ1v) is 4.66. The minimum atomic E-state index is -4.63. The highest BCUT2D eigenvalue weighted by molar-refractivity contribution is 6.32. The van der Waals surface area contributed by atoms with Gasteiger partial charge in [-0.25, -0.2) is 0 Å². The van der Waals surface area contributed by atoms with Crippen molar-refractivity contribution < 1.29 is 26.7 Å². The Labute approximate surface area is 98.1 Å². The van der Waals surface area contributed by atoms with Crippen LogP contribution in [0.5, 0.6) is 5.75 Å². The van der Waals surface area contributed by atoms with Crippen molar-refractivity contribution in [3.05, 3.63) is 28.8 Å². The Hall–Kier alpha value is -1.08. The van der Waals surface area contributed by atoms with Gasteiger partial charge in [0.05, 0.1) is 5.02 Å². The molecule has 1 atom stereocenters. The predicted octanol–water partition coefficient (Wildman–Crippen LogP) is 3.50. The van der Waals surface area contributed by atoms with E-state index in [-0.39, 0.29) is 10.6 Å². The minimum absolute atomic E-state index is 0.330. The van der Waals surface area contributed by atoms with Gasteiger partial charge in [-0.1, -0.05) is 17.7 Å². The maximum Gasteiger partial charge on any atom is 0.407 e. The number of alkyl halides is 5. The van der Waals surface area contributed by atoms with E-state index < -0.39 is 24.6 Å². The monoisotopic (exact) mass is 275 g/mol. The predicted molar refractivity (Wildman–Crippen MR) is 51.1 cm³/mol. The zero-order chi connectivity index (χ0) is 13.2. The molecule has 0 fully saturated rings. The Morgan fingerprint density at radius 3 is 2.24 bits per heavy atom. The Morgan fingerprint density at radius 2 is 1.82 bits per heavy atom. The maximum absolute atomic E-state index is 12.3. The standard InChI is InChI=1S/C9H7ClF5NO/c10-5-3-4(7(16)9(13,14)15)1-2-6(5)17-8(11)12/h1-3,7-8H,16H2. The maximum atomic E-state index is 12.3. The van der Waals surface area contributed by atoms with E-state index in [4.69, 9.17) is 17.3 Å². The SMILES string of the molecule is NC(c1ccc(OC(F)F)c(Cl)c1)C(F)(F)F. The molecule has 96 valence electrons. The van der Waals surface area contributed by atoms with Crippen LogP contribution < -0.4 is 10.5 Å². The van der Waals surface area contributed by atoms with Crippen LogP contribution >= 0.6 is 11.6 Å². The molecule has 0 saturated carbocycles. The van der Waals surface area contributed by atoms with Crippen LogP contribution in [-0.2, 0) is 0 Å². The van der Waals surface area contributed by atoms with Crippen molar-refractivity contribution in [3.8, 4) is 5.75 Å². The number of hydrogen-bond donors (Lipinski definition) is 1. The second kappa shape index (κ2) is 5.05. The lowest BCUT2D eigenvalue weighted by Crippen LogP contribution is -2.28. The molecule has 0 spiro atoms. The number of hydrogen-bond acceptors (Lipinski definition) is 2. The summed E-state index contributed by atoms with van der Waals surface area (Å²) in [4.78, 5) is 0. The molecule has 17 heavy (non-hydrogen) atoms. The molecule has 0 bridgehead atoms. The summed E-state index contributed by atoms with van der Waals surface area (Å²) in [7, 11) is 0. The first-order chi connectivity index (χ1) is 7.71. The van der Waals surface area contributed by atoms with E-state index >= 15 is 0 Å². The lowest BCUT2D eigenvalue weighted by Gasteiger charge is -2.16. The second-order valence-corrected chi connectivity index (χ2v) is 3.49. The summed E-state index contributed by atoms with van der Waals surface area (Å²) in [5.41, 5.74) is 4.59. The van der Waals surface area contributed by atoms with Gasteiger partial charge in [-0.15, -0.1) is 0 Å². The molecule has 0 aliphatic heterocycles. The molecule has 0 aliphatic carbocycles. The van der Waals surface area contributed by atoms with E-state index in [1.165, 1.54) is 0 Å². The van der Waals surface area contributed by atoms with E-state index in [9.17, 15) is 22.0 Å². The minimum Gasteiger partial charge on any atom is -0.433 e. The third-order valence-corrected chi connectivity index (χ3v) is 2.18. The summed E-state index contributed by atoms with van der Waals surface area (Å²) in [5.74, 6) is -0.403. The largest absolute Gasteiger partial charge is 0.433 e. The number of halogens is 6. The molecule has 0 aliphatic rings. The van der Waals surface area contributed by atoms with Crippen LogP contribution in [0.4, 0.5) is 22.0 Å². The molecular formula is C9H7ClF5NO. The van der Waals surface area contributed by atoms with Crippen molar-refractivity contribution in [2.24, 2.45) is 5.73 Å². The van der Waals surface area contributed by atoms with E-state index in [1.54, 1.807) is 0 Å². The van der Waals surface area contributed by atoms with Gasteiger partial charge in [-0.05, 0) is 17.7 Å². The van der Waals surface area contributed by atoms with E-state index in [2.05, 4.69) is 4.74 Å². The van der Waals surface area contributed by atoms with Gasteiger partial charge in [0.15, 0.2) is 0 Å². The number of benzene rings is 1.